The molecule has 0 heterocycles. The Kier molecular flexibility index (Phi) is 5.78. The van der Waals surface area contributed by atoms with Crippen LogP contribution in [0.2, 0.25) is 5.02 Å². The van der Waals surface area contributed by atoms with Gasteiger partial charge in [-0.15, -0.1) is 0 Å². The maximum atomic E-state index is 13.8. The highest BCUT2D eigenvalue weighted by Crippen LogP contribution is 2.51. The summed E-state index contributed by atoms with van der Waals surface area (Å²) in [5.74, 6) is -1.57. The highest BCUT2D eigenvalue weighted by molar-refractivity contribution is 7.92. The molecule has 0 saturated heterocycles. The normalized spacial score (nSPS) is 27.0. The first-order valence-corrected chi connectivity index (χ1v) is 12.2. The Labute approximate surface area is 190 Å². The fraction of sp³-hybridized carbons (Fsp3) is 0.391. The van der Waals surface area contributed by atoms with Crippen molar-refractivity contribution in [1.29, 1.82) is 5.26 Å². The van der Waals surface area contributed by atoms with Crippen LogP contribution in [0.25, 0.3) is 0 Å². The molecule has 0 aromatic heterocycles. The SMILES string of the molecule is CC1(O)C2CCC1CC(S(=O)(=O)c1cc(C(=O)Nc3ccc(C#N)c(F)c3)ccc1Cl)C2. The van der Waals surface area contributed by atoms with E-state index in [0.717, 1.165) is 18.9 Å². The molecule has 2 N–H and O–H groups in total. The molecule has 2 unspecified atom stereocenters. The largest absolute Gasteiger partial charge is 0.390 e. The summed E-state index contributed by atoms with van der Waals surface area (Å²) < 4.78 is 40.6. The van der Waals surface area contributed by atoms with Crippen molar-refractivity contribution in [2.75, 3.05) is 5.32 Å². The zero-order chi connectivity index (χ0) is 23.3. The average molecular weight is 477 g/mol. The number of nitriles is 1. The van der Waals surface area contributed by atoms with Crippen LogP contribution >= 0.6 is 11.6 Å². The van der Waals surface area contributed by atoms with Gasteiger partial charge in [0.2, 0.25) is 0 Å². The number of aliphatic hydroxyl groups is 1. The molecule has 0 spiro atoms. The maximum Gasteiger partial charge on any atom is 0.255 e. The third-order valence-corrected chi connectivity index (χ3v) is 9.55. The molecule has 2 atom stereocenters. The molecule has 2 aromatic rings. The van der Waals surface area contributed by atoms with Gasteiger partial charge < -0.3 is 10.4 Å². The topological polar surface area (TPSA) is 107 Å². The van der Waals surface area contributed by atoms with Gasteiger partial charge in [0.1, 0.15) is 11.9 Å². The van der Waals surface area contributed by atoms with Crippen LogP contribution in [0.3, 0.4) is 0 Å². The van der Waals surface area contributed by atoms with Crippen LogP contribution in [0.15, 0.2) is 41.3 Å². The first kappa shape index (κ1) is 22.7. The molecule has 0 aliphatic heterocycles. The second-order valence-electron chi connectivity index (χ2n) is 8.74. The number of carbonyl (C=O) groups excluding carboxylic acids is 1. The first-order valence-electron chi connectivity index (χ1n) is 10.3. The Bertz CT molecular complexity index is 1220. The summed E-state index contributed by atoms with van der Waals surface area (Å²) in [7, 11) is -3.83. The van der Waals surface area contributed by atoms with Crippen molar-refractivity contribution < 1.29 is 22.7 Å². The maximum absolute atomic E-state index is 13.8. The number of sulfone groups is 1. The molecule has 4 rings (SSSR count). The molecule has 2 aliphatic rings. The molecule has 1 amide bonds. The minimum atomic E-state index is -3.83. The summed E-state index contributed by atoms with van der Waals surface area (Å²) in [4.78, 5) is 12.6. The number of anilines is 1. The van der Waals surface area contributed by atoms with Gasteiger partial charge in [-0.3, -0.25) is 4.79 Å². The molecule has 168 valence electrons. The van der Waals surface area contributed by atoms with Crippen LogP contribution in [-0.4, -0.2) is 30.3 Å². The predicted octanol–water partition coefficient (Wildman–Crippen LogP) is 4.32. The summed E-state index contributed by atoms with van der Waals surface area (Å²) in [6.45, 7) is 1.78. The summed E-state index contributed by atoms with van der Waals surface area (Å²) in [6, 6.07) is 9.34. The van der Waals surface area contributed by atoms with Gasteiger partial charge in [0, 0.05) is 11.3 Å². The van der Waals surface area contributed by atoms with E-state index in [0.29, 0.717) is 12.8 Å². The molecule has 32 heavy (non-hydrogen) atoms. The number of hydrogen-bond acceptors (Lipinski definition) is 5. The fourth-order valence-electron chi connectivity index (χ4n) is 4.95. The zero-order valence-corrected chi connectivity index (χ0v) is 18.9. The van der Waals surface area contributed by atoms with Crippen LogP contribution in [0.1, 0.15) is 48.5 Å². The zero-order valence-electron chi connectivity index (χ0n) is 17.3. The molecule has 2 aliphatic carbocycles. The van der Waals surface area contributed by atoms with Crippen molar-refractivity contribution in [2.24, 2.45) is 11.8 Å². The van der Waals surface area contributed by atoms with E-state index in [-0.39, 0.29) is 38.6 Å². The number of benzene rings is 2. The molecule has 2 saturated carbocycles. The summed E-state index contributed by atoms with van der Waals surface area (Å²) >= 11 is 6.22. The lowest BCUT2D eigenvalue weighted by Crippen LogP contribution is -2.45. The van der Waals surface area contributed by atoms with Crippen LogP contribution in [0, 0.1) is 29.0 Å². The summed E-state index contributed by atoms with van der Waals surface area (Å²) in [5, 5.41) is 21.3. The number of rotatable bonds is 4. The molecular formula is C23H22ClFN2O4S. The molecule has 6 nitrogen and oxygen atoms in total. The Balaban J connectivity index is 1.59. The molecule has 0 radical (unpaired) electrons. The van der Waals surface area contributed by atoms with Gasteiger partial charge in [-0.2, -0.15) is 5.26 Å². The molecule has 2 aromatic carbocycles. The van der Waals surface area contributed by atoms with E-state index in [1.54, 1.807) is 13.0 Å². The van der Waals surface area contributed by atoms with Gasteiger partial charge in [-0.05, 0) is 80.8 Å². The third kappa shape index (κ3) is 3.90. The minimum absolute atomic E-state index is 0.0237. The van der Waals surface area contributed by atoms with E-state index < -0.39 is 32.4 Å². The lowest BCUT2D eigenvalue weighted by atomic mass is 9.76. The Morgan fingerprint density at radius 2 is 1.88 bits per heavy atom. The predicted molar refractivity (Wildman–Crippen MR) is 118 cm³/mol. The van der Waals surface area contributed by atoms with Gasteiger partial charge in [0.25, 0.3) is 5.91 Å². The number of amides is 1. The van der Waals surface area contributed by atoms with E-state index in [1.807, 2.05) is 0 Å². The number of hydrogen-bond donors (Lipinski definition) is 2. The molecule has 9 heteroatoms. The highest BCUT2D eigenvalue weighted by Gasteiger charge is 2.53. The van der Waals surface area contributed by atoms with Gasteiger partial charge in [-0.1, -0.05) is 11.6 Å². The van der Waals surface area contributed by atoms with Crippen LogP contribution in [0.5, 0.6) is 0 Å². The minimum Gasteiger partial charge on any atom is -0.390 e. The number of halogens is 2. The lowest BCUT2D eigenvalue weighted by molar-refractivity contribution is -0.0413. The second kappa shape index (κ2) is 8.14. The van der Waals surface area contributed by atoms with Crippen molar-refractivity contribution in [3.05, 3.63) is 58.4 Å². The van der Waals surface area contributed by atoms with Crippen molar-refractivity contribution in [3.63, 3.8) is 0 Å². The van der Waals surface area contributed by atoms with Crippen LogP contribution in [-0.2, 0) is 9.84 Å². The van der Waals surface area contributed by atoms with Crippen molar-refractivity contribution >= 4 is 33.0 Å². The number of fused-ring (bicyclic) bond motifs is 2. The van der Waals surface area contributed by atoms with E-state index in [1.165, 1.54) is 30.3 Å². The van der Waals surface area contributed by atoms with Crippen molar-refractivity contribution in [3.8, 4) is 6.07 Å². The van der Waals surface area contributed by atoms with Crippen molar-refractivity contribution in [2.45, 2.75) is 48.4 Å². The van der Waals surface area contributed by atoms with Gasteiger partial charge >= 0.3 is 0 Å². The molecule has 2 fully saturated rings. The van der Waals surface area contributed by atoms with Crippen molar-refractivity contribution in [1.82, 2.24) is 0 Å². The highest BCUT2D eigenvalue weighted by atomic mass is 35.5. The average Bonchev–Trinajstić information content (AvgIpc) is 2.91. The third-order valence-electron chi connectivity index (χ3n) is 6.90. The first-order chi connectivity index (χ1) is 15.0. The number of carbonyl (C=O) groups is 1. The molecule has 2 bridgehead atoms. The van der Waals surface area contributed by atoms with E-state index in [4.69, 9.17) is 16.9 Å². The van der Waals surface area contributed by atoms with Gasteiger partial charge in [0.15, 0.2) is 9.84 Å². The Morgan fingerprint density at radius 1 is 1.22 bits per heavy atom. The monoisotopic (exact) mass is 476 g/mol. The van der Waals surface area contributed by atoms with Gasteiger partial charge in [-0.25, -0.2) is 12.8 Å². The smallest absolute Gasteiger partial charge is 0.255 e. The Hall–Kier alpha value is -2.47. The van der Waals surface area contributed by atoms with E-state index >= 15 is 0 Å². The number of nitrogens with one attached hydrogen (secondary N) is 1. The second-order valence-corrected chi connectivity index (χ2v) is 11.3. The summed E-state index contributed by atoms with van der Waals surface area (Å²) in [5.41, 5.74) is -0.808. The quantitative estimate of drug-likeness (QED) is 0.683. The van der Waals surface area contributed by atoms with Crippen LogP contribution in [0.4, 0.5) is 10.1 Å². The standard InChI is InChI=1S/C23H22ClFN2O4S/c1-23(29)15-4-5-16(23)10-18(9-15)32(30,31)21-8-13(3-7-19(21)24)22(28)27-17-6-2-14(12-26)20(25)11-17/h2-3,6-8,11,15-16,18,29H,4-5,9-10H2,1H3,(H,27,28). The Morgan fingerprint density at radius 3 is 2.47 bits per heavy atom. The van der Waals surface area contributed by atoms with E-state index in [2.05, 4.69) is 5.32 Å². The van der Waals surface area contributed by atoms with E-state index in [9.17, 15) is 22.7 Å². The van der Waals surface area contributed by atoms with Gasteiger partial charge in [0.05, 0.1) is 26.3 Å². The fourth-order valence-corrected chi connectivity index (χ4v) is 7.35. The number of nitrogens with zero attached hydrogens (tertiary/aromatic N) is 1. The summed E-state index contributed by atoms with van der Waals surface area (Å²) in [6.07, 6.45) is 2.29. The lowest BCUT2D eigenvalue weighted by Gasteiger charge is -2.40. The molecular weight excluding hydrogens is 455 g/mol. The van der Waals surface area contributed by atoms with Crippen LogP contribution < -0.4 is 5.32 Å².